The number of aliphatic hydroxyl groups is 2. The molecule has 0 aliphatic carbocycles. The lowest BCUT2D eigenvalue weighted by Gasteiger charge is -2.24. The maximum Gasteiger partial charge on any atom is 0.157 e. The maximum absolute atomic E-state index is 8.94. The summed E-state index contributed by atoms with van der Waals surface area (Å²) in [4.78, 5) is 0. The second kappa shape index (κ2) is 6.54. The second-order valence-electron chi connectivity index (χ2n) is 2.23. The van der Waals surface area contributed by atoms with Gasteiger partial charge >= 0.3 is 0 Å². The third-order valence-corrected chi connectivity index (χ3v) is 1.47. The summed E-state index contributed by atoms with van der Waals surface area (Å²) in [6.45, 7) is 0.415. The molecule has 0 amide bonds. The van der Waals surface area contributed by atoms with E-state index in [1.54, 1.807) is 7.11 Å². The summed E-state index contributed by atoms with van der Waals surface area (Å²) in [5.74, 6) is 0. The highest BCUT2D eigenvalue weighted by Gasteiger charge is 2.18. The monoisotopic (exact) mass is 164 g/mol. The third kappa shape index (κ3) is 4.31. The van der Waals surface area contributed by atoms with Gasteiger partial charge in [0.1, 0.15) is 0 Å². The van der Waals surface area contributed by atoms with Crippen molar-refractivity contribution >= 4 is 0 Å². The Balaban J connectivity index is 0.000000461. The number of rotatable bonds is 1. The van der Waals surface area contributed by atoms with Crippen molar-refractivity contribution in [3.8, 4) is 0 Å². The largest absolute Gasteiger partial charge is 0.400 e. The van der Waals surface area contributed by atoms with Gasteiger partial charge < -0.3 is 19.7 Å². The highest BCUT2D eigenvalue weighted by Crippen LogP contribution is 2.12. The third-order valence-electron chi connectivity index (χ3n) is 1.47. The summed E-state index contributed by atoms with van der Waals surface area (Å²) in [5.41, 5.74) is 0. The van der Waals surface area contributed by atoms with Gasteiger partial charge in [0.2, 0.25) is 0 Å². The summed E-state index contributed by atoms with van der Waals surface area (Å²) in [6, 6.07) is 0. The molecule has 11 heavy (non-hydrogen) atoms. The zero-order chi connectivity index (χ0) is 8.69. The summed E-state index contributed by atoms with van der Waals surface area (Å²) in [7, 11) is 2.61. The van der Waals surface area contributed by atoms with Gasteiger partial charge in [0.15, 0.2) is 6.29 Å². The first kappa shape index (κ1) is 10.8. The molecule has 2 unspecified atom stereocenters. The van der Waals surface area contributed by atoms with E-state index in [2.05, 4.69) is 0 Å². The lowest BCUT2D eigenvalue weighted by Crippen LogP contribution is -2.30. The van der Waals surface area contributed by atoms with Crippen molar-refractivity contribution in [3.05, 3.63) is 0 Å². The minimum atomic E-state index is -0.281. The fourth-order valence-electron chi connectivity index (χ4n) is 0.899. The van der Waals surface area contributed by atoms with E-state index in [0.717, 1.165) is 20.0 Å². The van der Waals surface area contributed by atoms with Crippen molar-refractivity contribution in [1.29, 1.82) is 0 Å². The van der Waals surface area contributed by atoms with Gasteiger partial charge in [0.25, 0.3) is 0 Å². The molecule has 1 heterocycles. The van der Waals surface area contributed by atoms with Crippen molar-refractivity contribution < 1.29 is 19.7 Å². The van der Waals surface area contributed by atoms with E-state index in [1.807, 2.05) is 0 Å². The quantitative estimate of drug-likeness (QED) is 0.560. The zero-order valence-corrected chi connectivity index (χ0v) is 6.99. The average molecular weight is 164 g/mol. The van der Waals surface area contributed by atoms with Gasteiger partial charge in [0, 0.05) is 20.6 Å². The van der Waals surface area contributed by atoms with Crippen LogP contribution in [0.3, 0.4) is 0 Å². The number of hydrogen-bond donors (Lipinski definition) is 2. The van der Waals surface area contributed by atoms with Gasteiger partial charge in [-0.05, 0) is 6.42 Å². The number of hydrogen-bond acceptors (Lipinski definition) is 4. The molecule has 2 atom stereocenters. The van der Waals surface area contributed by atoms with Crippen LogP contribution in [0, 0.1) is 0 Å². The van der Waals surface area contributed by atoms with Crippen molar-refractivity contribution in [2.45, 2.75) is 25.2 Å². The first-order valence-electron chi connectivity index (χ1n) is 3.60. The summed E-state index contributed by atoms with van der Waals surface area (Å²) in [6.07, 6.45) is 1.22. The van der Waals surface area contributed by atoms with Gasteiger partial charge in [0.05, 0.1) is 12.7 Å². The van der Waals surface area contributed by atoms with Crippen LogP contribution in [0.1, 0.15) is 12.8 Å². The number of methoxy groups -OCH3 is 1. The van der Waals surface area contributed by atoms with Crippen molar-refractivity contribution in [3.63, 3.8) is 0 Å². The Morgan fingerprint density at radius 2 is 2.00 bits per heavy atom. The Labute approximate surface area is 66.7 Å². The van der Waals surface area contributed by atoms with Crippen LogP contribution in [0.2, 0.25) is 0 Å². The molecule has 1 rings (SSSR count). The van der Waals surface area contributed by atoms with E-state index in [0.29, 0.717) is 6.61 Å². The first-order valence-corrected chi connectivity index (χ1v) is 3.60. The molecule has 0 aromatic rings. The summed E-state index contributed by atoms with van der Waals surface area (Å²) >= 11 is 0. The molecule has 1 aliphatic heterocycles. The lowest BCUT2D eigenvalue weighted by molar-refractivity contribution is -0.172. The molecule has 0 aromatic carbocycles. The first-order chi connectivity index (χ1) is 5.33. The molecular formula is C7H16O4. The molecule has 68 valence electrons. The Morgan fingerprint density at radius 1 is 1.36 bits per heavy atom. The van der Waals surface area contributed by atoms with Crippen molar-refractivity contribution in [2.24, 2.45) is 0 Å². The topological polar surface area (TPSA) is 58.9 Å². The molecule has 0 radical (unpaired) electrons. The van der Waals surface area contributed by atoms with Crippen LogP contribution in [-0.4, -0.2) is 43.4 Å². The highest BCUT2D eigenvalue weighted by atomic mass is 16.7. The van der Waals surface area contributed by atoms with Gasteiger partial charge in [-0.15, -0.1) is 0 Å². The normalized spacial score (nSPS) is 30.5. The summed E-state index contributed by atoms with van der Waals surface area (Å²) < 4.78 is 9.97. The van der Waals surface area contributed by atoms with E-state index in [1.165, 1.54) is 0 Å². The molecule has 1 fully saturated rings. The van der Waals surface area contributed by atoms with E-state index in [9.17, 15) is 0 Å². The minimum absolute atomic E-state index is 0.0894. The Kier molecular flexibility index (Phi) is 6.45. The van der Waals surface area contributed by atoms with Crippen molar-refractivity contribution in [2.75, 3.05) is 20.8 Å². The standard InChI is InChI=1S/C6H12O3.CH4O/c1-8-6-3-2-5(7)4-9-6;1-2/h5-7H,2-4H2,1H3;2H,1H3. The Hall–Kier alpha value is -0.160. The average Bonchev–Trinajstić information content (AvgIpc) is 2.10. The molecule has 2 N–H and O–H groups in total. The van der Waals surface area contributed by atoms with E-state index in [4.69, 9.17) is 19.7 Å². The number of aliphatic hydroxyl groups excluding tert-OH is 2. The van der Waals surface area contributed by atoms with E-state index in [-0.39, 0.29) is 12.4 Å². The lowest BCUT2D eigenvalue weighted by atomic mass is 10.1. The predicted octanol–water partition coefficient (Wildman–Crippen LogP) is -0.261. The molecule has 0 spiro atoms. The van der Waals surface area contributed by atoms with Crippen LogP contribution in [0.25, 0.3) is 0 Å². The molecular weight excluding hydrogens is 148 g/mol. The van der Waals surface area contributed by atoms with Gasteiger partial charge in [-0.1, -0.05) is 0 Å². The molecule has 4 heteroatoms. The van der Waals surface area contributed by atoms with Crippen LogP contribution in [0.5, 0.6) is 0 Å². The van der Waals surface area contributed by atoms with Crippen molar-refractivity contribution in [1.82, 2.24) is 0 Å². The SMILES string of the molecule is CO.COC1CCC(O)CO1. The smallest absolute Gasteiger partial charge is 0.157 e. The Bertz CT molecular complexity index is 78.5. The minimum Gasteiger partial charge on any atom is -0.400 e. The summed E-state index contributed by atoms with van der Waals surface area (Å²) in [5, 5.41) is 15.9. The van der Waals surface area contributed by atoms with Gasteiger partial charge in [-0.3, -0.25) is 0 Å². The molecule has 1 saturated heterocycles. The number of ether oxygens (including phenoxy) is 2. The van der Waals surface area contributed by atoms with Crippen LogP contribution in [0.15, 0.2) is 0 Å². The van der Waals surface area contributed by atoms with E-state index >= 15 is 0 Å². The molecule has 4 nitrogen and oxygen atoms in total. The fraction of sp³-hybridized carbons (Fsp3) is 1.00. The van der Waals surface area contributed by atoms with Crippen LogP contribution in [-0.2, 0) is 9.47 Å². The Morgan fingerprint density at radius 3 is 2.36 bits per heavy atom. The molecule has 0 saturated carbocycles. The second-order valence-corrected chi connectivity index (χ2v) is 2.23. The zero-order valence-electron chi connectivity index (χ0n) is 6.99. The predicted molar refractivity (Wildman–Crippen MR) is 40.1 cm³/mol. The van der Waals surface area contributed by atoms with E-state index < -0.39 is 0 Å². The molecule has 0 aromatic heterocycles. The molecule has 0 bridgehead atoms. The van der Waals surface area contributed by atoms with Gasteiger partial charge in [-0.25, -0.2) is 0 Å². The van der Waals surface area contributed by atoms with Crippen LogP contribution >= 0.6 is 0 Å². The van der Waals surface area contributed by atoms with Crippen LogP contribution < -0.4 is 0 Å². The molecule has 1 aliphatic rings. The van der Waals surface area contributed by atoms with Gasteiger partial charge in [-0.2, -0.15) is 0 Å². The highest BCUT2D eigenvalue weighted by molar-refractivity contribution is 4.62. The fourth-order valence-corrected chi connectivity index (χ4v) is 0.899. The maximum atomic E-state index is 8.94. The van der Waals surface area contributed by atoms with Crippen LogP contribution in [0.4, 0.5) is 0 Å².